The molecule has 0 spiro atoms. The van der Waals surface area contributed by atoms with Crippen molar-refractivity contribution in [2.75, 3.05) is 0 Å². The van der Waals surface area contributed by atoms with Crippen molar-refractivity contribution < 1.29 is 4.79 Å². The second-order valence-corrected chi connectivity index (χ2v) is 6.16. The number of hydrogen-bond donors (Lipinski definition) is 1. The van der Waals surface area contributed by atoms with Crippen LogP contribution in [0.3, 0.4) is 0 Å². The monoisotopic (exact) mass is 311 g/mol. The number of thioether (sulfide) groups is 1. The Balaban J connectivity index is 1.82. The number of carbonyl (C=O) groups is 1. The van der Waals surface area contributed by atoms with Crippen molar-refractivity contribution in [2.45, 2.75) is 0 Å². The summed E-state index contributed by atoms with van der Waals surface area (Å²) in [6, 6.07) is 12.1. The van der Waals surface area contributed by atoms with Gasteiger partial charge in [0.05, 0.1) is 4.91 Å². The first-order valence-electron chi connectivity index (χ1n) is 6.08. The van der Waals surface area contributed by atoms with E-state index in [-0.39, 0.29) is 5.91 Å². The van der Waals surface area contributed by atoms with E-state index in [4.69, 9.17) is 5.26 Å². The quantitative estimate of drug-likeness (QED) is 0.682. The van der Waals surface area contributed by atoms with Crippen molar-refractivity contribution in [3.63, 3.8) is 0 Å². The van der Waals surface area contributed by atoms with E-state index in [1.807, 2.05) is 35.7 Å². The molecule has 6 heteroatoms. The predicted molar refractivity (Wildman–Crippen MR) is 86.5 cm³/mol. The van der Waals surface area contributed by atoms with Gasteiger partial charge in [-0.15, -0.1) is 16.3 Å². The number of nitrogens with one attached hydrogen (secondary N) is 1. The summed E-state index contributed by atoms with van der Waals surface area (Å²) in [5, 5.41) is 13.4. The lowest BCUT2D eigenvalue weighted by atomic mass is 10.1. The minimum absolute atomic E-state index is 0.226. The summed E-state index contributed by atoms with van der Waals surface area (Å²) in [7, 11) is 0. The Morgan fingerprint density at radius 1 is 1.24 bits per heavy atom. The molecule has 1 amide bonds. The van der Waals surface area contributed by atoms with E-state index in [0.29, 0.717) is 10.1 Å². The normalized spacial score (nSPS) is 18.0. The second kappa shape index (κ2) is 5.95. The molecular formula is C15H9N3OS2. The fourth-order valence-electron chi connectivity index (χ4n) is 1.86. The van der Waals surface area contributed by atoms with E-state index in [0.717, 1.165) is 11.1 Å². The summed E-state index contributed by atoms with van der Waals surface area (Å²) in [5.41, 5.74) is 2.09. The summed E-state index contributed by atoms with van der Waals surface area (Å²) < 4.78 is 0. The molecule has 0 aliphatic carbocycles. The highest BCUT2D eigenvalue weighted by molar-refractivity contribution is 8.18. The van der Waals surface area contributed by atoms with E-state index in [9.17, 15) is 4.79 Å². The number of hydrogen-bond acceptors (Lipinski definition) is 5. The van der Waals surface area contributed by atoms with Gasteiger partial charge in [-0.2, -0.15) is 5.26 Å². The maximum Gasteiger partial charge on any atom is 0.264 e. The Hall–Kier alpha value is -2.36. The topological polar surface area (TPSA) is 65.2 Å². The number of nitriles is 1. The predicted octanol–water partition coefficient (Wildman–Crippen LogP) is 3.46. The lowest BCUT2D eigenvalue weighted by Gasteiger charge is -1.99. The van der Waals surface area contributed by atoms with E-state index in [1.54, 1.807) is 23.6 Å². The van der Waals surface area contributed by atoms with Crippen molar-refractivity contribution in [2.24, 2.45) is 4.99 Å². The number of nitrogens with zero attached hydrogens (tertiary/aromatic N) is 2. The van der Waals surface area contributed by atoms with E-state index < -0.39 is 0 Å². The van der Waals surface area contributed by atoms with Crippen LogP contribution in [0, 0.1) is 11.5 Å². The lowest BCUT2D eigenvalue weighted by Crippen LogP contribution is -2.19. The molecular weight excluding hydrogens is 302 g/mol. The van der Waals surface area contributed by atoms with Gasteiger partial charge in [-0.3, -0.25) is 10.1 Å². The maximum atomic E-state index is 11.7. The van der Waals surface area contributed by atoms with Gasteiger partial charge >= 0.3 is 0 Å². The Morgan fingerprint density at radius 2 is 2.05 bits per heavy atom. The zero-order valence-electron chi connectivity index (χ0n) is 10.7. The average molecular weight is 311 g/mol. The molecule has 1 aromatic heterocycles. The fraction of sp³-hybridized carbons (Fsp3) is 0. The molecule has 102 valence electrons. The molecule has 2 heterocycles. The van der Waals surface area contributed by atoms with Crippen LogP contribution >= 0.6 is 23.1 Å². The van der Waals surface area contributed by atoms with Crippen molar-refractivity contribution in [1.82, 2.24) is 5.32 Å². The first-order valence-corrected chi connectivity index (χ1v) is 7.77. The van der Waals surface area contributed by atoms with E-state index >= 15 is 0 Å². The smallest absolute Gasteiger partial charge is 0.264 e. The first-order chi connectivity index (χ1) is 10.3. The molecule has 1 saturated heterocycles. The molecule has 3 rings (SSSR count). The summed E-state index contributed by atoms with van der Waals surface area (Å²) in [6.07, 6.45) is 3.45. The lowest BCUT2D eigenvalue weighted by molar-refractivity contribution is -0.115. The van der Waals surface area contributed by atoms with E-state index in [1.165, 1.54) is 16.6 Å². The minimum Gasteiger partial charge on any atom is -0.300 e. The van der Waals surface area contributed by atoms with Gasteiger partial charge in [0.15, 0.2) is 5.17 Å². The van der Waals surface area contributed by atoms with Crippen molar-refractivity contribution in [3.8, 4) is 16.6 Å². The van der Waals surface area contributed by atoms with Gasteiger partial charge in [0.2, 0.25) is 6.19 Å². The Labute approximate surface area is 129 Å². The number of carbonyl (C=O) groups excluding carboxylic acids is 1. The third-order valence-corrected chi connectivity index (χ3v) is 4.65. The van der Waals surface area contributed by atoms with Crippen molar-refractivity contribution >= 4 is 40.2 Å². The molecule has 1 aliphatic heterocycles. The highest BCUT2D eigenvalue weighted by Gasteiger charge is 2.23. The summed E-state index contributed by atoms with van der Waals surface area (Å²) in [4.78, 5) is 17.0. The van der Waals surface area contributed by atoms with Gasteiger partial charge in [0, 0.05) is 4.88 Å². The Kier molecular flexibility index (Phi) is 3.86. The average Bonchev–Trinajstić information content (AvgIpc) is 3.11. The van der Waals surface area contributed by atoms with Crippen LogP contribution in [0.4, 0.5) is 0 Å². The van der Waals surface area contributed by atoms with Gasteiger partial charge in [-0.1, -0.05) is 30.3 Å². The number of rotatable bonds is 2. The number of amidine groups is 1. The molecule has 0 atom stereocenters. The standard InChI is InChI=1S/C15H9N3OS2/c16-9-17-15-18-14(19)13(21-15)8-10-3-5-11(6-4-10)12-2-1-7-20-12/h1-8H,(H,17,18,19). The third kappa shape index (κ3) is 3.05. The van der Waals surface area contributed by atoms with Crippen molar-refractivity contribution in [3.05, 3.63) is 52.2 Å². The van der Waals surface area contributed by atoms with Crippen LogP contribution in [0.25, 0.3) is 16.5 Å². The molecule has 4 nitrogen and oxygen atoms in total. The molecule has 1 N–H and O–H groups in total. The zero-order valence-corrected chi connectivity index (χ0v) is 12.4. The molecule has 0 radical (unpaired) electrons. The van der Waals surface area contributed by atoms with Crippen molar-refractivity contribution in [1.29, 1.82) is 5.26 Å². The number of benzene rings is 1. The van der Waals surface area contributed by atoms with Gasteiger partial charge < -0.3 is 0 Å². The third-order valence-electron chi connectivity index (χ3n) is 2.82. The van der Waals surface area contributed by atoms with Gasteiger partial charge in [-0.05, 0) is 40.4 Å². The number of thiophene rings is 1. The van der Waals surface area contributed by atoms with Crippen LogP contribution in [0.1, 0.15) is 5.56 Å². The molecule has 1 aromatic carbocycles. The number of aliphatic imine (C=N–C) groups is 1. The summed E-state index contributed by atoms with van der Waals surface area (Å²) >= 11 is 2.86. The number of amides is 1. The van der Waals surface area contributed by atoms with Crippen LogP contribution in [0.15, 0.2) is 51.7 Å². The molecule has 1 aliphatic rings. The SMILES string of the molecule is N#CN=C1NC(=O)C(=Cc2ccc(-c3cccs3)cc2)S1. The highest BCUT2D eigenvalue weighted by Crippen LogP contribution is 2.28. The van der Waals surface area contributed by atoms with Crippen LogP contribution < -0.4 is 5.32 Å². The summed E-state index contributed by atoms with van der Waals surface area (Å²) in [5.74, 6) is -0.226. The largest absolute Gasteiger partial charge is 0.300 e. The maximum absolute atomic E-state index is 11.7. The Morgan fingerprint density at radius 3 is 2.71 bits per heavy atom. The highest BCUT2D eigenvalue weighted by atomic mass is 32.2. The van der Waals surface area contributed by atoms with E-state index in [2.05, 4.69) is 16.4 Å². The summed E-state index contributed by atoms with van der Waals surface area (Å²) in [6.45, 7) is 0. The Bertz CT molecular complexity index is 768. The molecule has 2 aromatic rings. The molecule has 0 unspecified atom stereocenters. The second-order valence-electron chi connectivity index (χ2n) is 4.18. The van der Waals surface area contributed by atoms with Crippen LogP contribution in [0.5, 0.6) is 0 Å². The molecule has 21 heavy (non-hydrogen) atoms. The molecule has 0 saturated carbocycles. The van der Waals surface area contributed by atoms with Crippen LogP contribution in [0.2, 0.25) is 0 Å². The minimum atomic E-state index is -0.226. The van der Waals surface area contributed by atoms with Crippen LogP contribution in [-0.4, -0.2) is 11.1 Å². The fourth-order valence-corrected chi connectivity index (χ4v) is 3.37. The first kappa shape index (κ1) is 13.6. The van der Waals surface area contributed by atoms with Gasteiger partial charge in [0.1, 0.15) is 0 Å². The zero-order chi connectivity index (χ0) is 14.7. The molecule has 0 bridgehead atoms. The molecule has 1 fully saturated rings. The van der Waals surface area contributed by atoms with Gasteiger partial charge in [0.25, 0.3) is 5.91 Å². The van der Waals surface area contributed by atoms with Crippen LogP contribution in [-0.2, 0) is 4.79 Å². The van der Waals surface area contributed by atoms with Gasteiger partial charge in [-0.25, -0.2) is 0 Å².